The lowest BCUT2D eigenvalue weighted by atomic mass is 9.85. The normalized spacial score (nSPS) is 15.5. The second-order valence-electron chi connectivity index (χ2n) is 6.33. The van der Waals surface area contributed by atoms with E-state index in [9.17, 15) is 30.1 Å². The van der Waals surface area contributed by atoms with Crippen molar-refractivity contribution in [1.82, 2.24) is 0 Å². The van der Waals surface area contributed by atoms with Gasteiger partial charge in [-0.25, -0.2) is 4.79 Å². The SMILES string of the molecule is CCCC(CC(C(C)/C(C)=C(\C(=O)O)c1ccccc1)[N+](=O)[O-])[N+](=O)[O-]. The van der Waals surface area contributed by atoms with Crippen LogP contribution >= 0.6 is 0 Å². The zero-order valence-corrected chi connectivity index (χ0v) is 15.1. The van der Waals surface area contributed by atoms with E-state index in [4.69, 9.17) is 0 Å². The van der Waals surface area contributed by atoms with Crippen LogP contribution < -0.4 is 0 Å². The predicted octanol–water partition coefficient (Wildman–Crippen LogP) is 3.66. The number of hydrogen-bond acceptors (Lipinski definition) is 5. The van der Waals surface area contributed by atoms with Crippen molar-refractivity contribution in [1.29, 1.82) is 0 Å². The maximum atomic E-state index is 11.7. The minimum Gasteiger partial charge on any atom is -0.478 e. The van der Waals surface area contributed by atoms with Crippen LogP contribution in [0.1, 0.15) is 45.6 Å². The van der Waals surface area contributed by atoms with Crippen LogP contribution in [0, 0.1) is 26.1 Å². The Morgan fingerprint density at radius 2 is 1.73 bits per heavy atom. The average molecular weight is 364 g/mol. The summed E-state index contributed by atoms with van der Waals surface area (Å²) in [6.07, 6.45) is 0.564. The third-order valence-corrected chi connectivity index (χ3v) is 4.64. The van der Waals surface area contributed by atoms with E-state index < -0.39 is 33.8 Å². The zero-order valence-electron chi connectivity index (χ0n) is 15.1. The van der Waals surface area contributed by atoms with E-state index in [0.29, 0.717) is 17.6 Å². The average Bonchev–Trinajstić information content (AvgIpc) is 2.58. The molecule has 0 radical (unpaired) electrons. The maximum Gasteiger partial charge on any atom is 0.336 e. The summed E-state index contributed by atoms with van der Waals surface area (Å²) in [5.41, 5.74) is 0.785. The number of rotatable bonds is 10. The Balaban J connectivity index is 3.27. The molecule has 1 aromatic rings. The number of nitrogens with zero attached hydrogens (tertiary/aromatic N) is 2. The Morgan fingerprint density at radius 3 is 2.15 bits per heavy atom. The number of aliphatic carboxylic acids is 1. The van der Waals surface area contributed by atoms with Crippen LogP contribution in [-0.4, -0.2) is 33.0 Å². The van der Waals surface area contributed by atoms with Crippen molar-refractivity contribution >= 4 is 11.5 Å². The number of carboxylic acids is 1. The largest absolute Gasteiger partial charge is 0.478 e. The van der Waals surface area contributed by atoms with Crippen LogP contribution in [0.25, 0.3) is 5.57 Å². The highest BCUT2D eigenvalue weighted by Crippen LogP contribution is 2.29. The lowest BCUT2D eigenvalue weighted by molar-refractivity contribution is -0.565. The molecule has 1 aromatic carbocycles. The van der Waals surface area contributed by atoms with Gasteiger partial charge in [0, 0.05) is 22.2 Å². The Hall–Kier alpha value is -2.77. The van der Waals surface area contributed by atoms with Crippen molar-refractivity contribution in [3.05, 3.63) is 61.7 Å². The highest BCUT2D eigenvalue weighted by molar-refractivity contribution is 6.16. The third-order valence-electron chi connectivity index (χ3n) is 4.64. The molecule has 1 rings (SSSR count). The second-order valence-corrected chi connectivity index (χ2v) is 6.33. The molecule has 0 fully saturated rings. The van der Waals surface area contributed by atoms with Crippen molar-refractivity contribution in [2.45, 2.75) is 52.1 Å². The first-order valence-electron chi connectivity index (χ1n) is 8.47. The summed E-state index contributed by atoms with van der Waals surface area (Å²) in [4.78, 5) is 33.4. The molecule has 8 nitrogen and oxygen atoms in total. The lowest BCUT2D eigenvalue weighted by Crippen LogP contribution is -2.35. The molecule has 0 amide bonds. The highest BCUT2D eigenvalue weighted by Gasteiger charge is 2.37. The summed E-state index contributed by atoms with van der Waals surface area (Å²) < 4.78 is 0. The number of nitro groups is 2. The fourth-order valence-corrected chi connectivity index (χ4v) is 3.03. The van der Waals surface area contributed by atoms with E-state index >= 15 is 0 Å². The van der Waals surface area contributed by atoms with E-state index in [1.54, 1.807) is 51.1 Å². The van der Waals surface area contributed by atoms with Gasteiger partial charge in [-0.15, -0.1) is 0 Å². The van der Waals surface area contributed by atoms with Gasteiger partial charge in [0.2, 0.25) is 12.1 Å². The highest BCUT2D eigenvalue weighted by atomic mass is 16.6. The third kappa shape index (κ3) is 5.37. The first-order chi connectivity index (χ1) is 12.2. The topological polar surface area (TPSA) is 124 Å². The zero-order chi connectivity index (χ0) is 19.9. The fraction of sp³-hybridized carbons (Fsp3) is 0.500. The molecule has 0 saturated carbocycles. The van der Waals surface area contributed by atoms with Crippen LogP contribution in [0.5, 0.6) is 0 Å². The van der Waals surface area contributed by atoms with Crippen LogP contribution in [0.3, 0.4) is 0 Å². The number of carboxylic acid groups (broad SMARTS) is 1. The molecule has 0 spiro atoms. The summed E-state index contributed by atoms with van der Waals surface area (Å²) in [5.74, 6) is -1.93. The number of carbonyl (C=O) groups is 1. The van der Waals surface area contributed by atoms with E-state index in [1.807, 2.05) is 0 Å². The molecular weight excluding hydrogens is 340 g/mol. The molecule has 142 valence electrons. The quantitative estimate of drug-likeness (QED) is 0.384. The van der Waals surface area contributed by atoms with E-state index in [-0.39, 0.29) is 18.4 Å². The standard InChI is InChI=1S/C18H24N2O6/c1-4-8-15(19(23)24)11-16(20(25)26)12(2)13(3)17(18(21)22)14-9-6-5-7-10-14/h5-7,9-10,12,15-16H,4,8,11H2,1-3H3,(H,21,22)/b17-13-. The summed E-state index contributed by atoms with van der Waals surface area (Å²) in [7, 11) is 0. The molecule has 0 aliphatic heterocycles. The minimum atomic E-state index is -1.23. The van der Waals surface area contributed by atoms with Crippen LogP contribution in [0.2, 0.25) is 0 Å². The molecule has 8 heteroatoms. The molecule has 0 aliphatic rings. The van der Waals surface area contributed by atoms with Gasteiger partial charge in [-0.3, -0.25) is 20.2 Å². The van der Waals surface area contributed by atoms with Crippen LogP contribution in [0.15, 0.2) is 35.9 Å². The summed E-state index contributed by atoms with van der Waals surface area (Å²) >= 11 is 0. The van der Waals surface area contributed by atoms with Crippen LogP contribution in [0.4, 0.5) is 0 Å². The molecule has 0 aliphatic carbocycles. The minimum absolute atomic E-state index is 0.00176. The first-order valence-corrected chi connectivity index (χ1v) is 8.47. The predicted molar refractivity (Wildman–Crippen MR) is 96.9 cm³/mol. The Labute approximate surface area is 151 Å². The molecule has 0 aromatic heterocycles. The molecule has 0 heterocycles. The van der Waals surface area contributed by atoms with Gasteiger partial charge in [0.15, 0.2) is 0 Å². The fourth-order valence-electron chi connectivity index (χ4n) is 3.03. The van der Waals surface area contributed by atoms with Gasteiger partial charge in [-0.1, -0.05) is 44.2 Å². The summed E-state index contributed by atoms with van der Waals surface area (Å²) in [6, 6.07) is 6.12. The molecule has 3 unspecified atom stereocenters. The first kappa shape index (κ1) is 21.3. The smallest absolute Gasteiger partial charge is 0.336 e. The van der Waals surface area contributed by atoms with Gasteiger partial charge in [0.25, 0.3) is 0 Å². The van der Waals surface area contributed by atoms with Gasteiger partial charge in [-0.05, 0) is 24.5 Å². The second kappa shape index (κ2) is 9.65. The van der Waals surface area contributed by atoms with Crippen molar-refractivity contribution in [2.75, 3.05) is 0 Å². The van der Waals surface area contributed by atoms with E-state index in [0.717, 1.165) is 0 Å². The molecular formula is C18H24N2O6. The molecule has 0 saturated heterocycles. The van der Waals surface area contributed by atoms with Crippen molar-refractivity contribution in [2.24, 2.45) is 5.92 Å². The van der Waals surface area contributed by atoms with E-state index in [1.165, 1.54) is 0 Å². The van der Waals surface area contributed by atoms with Gasteiger partial charge < -0.3 is 5.11 Å². The van der Waals surface area contributed by atoms with Crippen LogP contribution in [-0.2, 0) is 4.79 Å². The lowest BCUT2D eigenvalue weighted by Gasteiger charge is -2.21. The number of hydrogen-bond donors (Lipinski definition) is 1. The number of benzene rings is 1. The molecule has 3 atom stereocenters. The summed E-state index contributed by atoms with van der Waals surface area (Å²) in [6.45, 7) is 4.88. The molecule has 1 N–H and O–H groups in total. The van der Waals surface area contributed by atoms with Crippen molar-refractivity contribution in [3.8, 4) is 0 Å². The van der Waals surface area contributed by atoms with Gasteiger partial charge >= 0.3 is 5.97 Å². The monoisotopic (exact) mass is 364 g/mol. The van der Waals surface area contributed by atoms with Gasteiger partial charge in [-0.2, -0.15) is 0 Å². The van der Waals surface area contributed by atoms with Crippen molar-refractivity contribution in [3.63, 3.8) is 0 Å². The summed E-state index contributed by atoms with van der Waals surface area (Å²) in [5, 5.41) is 32.3. The van der Waals surface area contributed by atoms with Gasteiger partial charge in [0.1, 0.15) is 0 Å². The Bertz CT molecular complexity index is 686. The molecule has 0 bridgehead atoms. The Morgan fingerprint density at radius 1 is 1.15 bits per heavy atom. The molecule has 26 heavy (non-hydrogen) atoms. The van der Waals surface area contributed by atoms with Crippen molar-refractivity contribution < 1.29 is 19.7 Å². The van der Waals surface area contributed by atoms with Gasteiger partial charge in [0.05, 0.1) is 12.0 Å². The Kier molecular flexibility index (Phi) is 7.89. The van der Waals surface area contributed by atoms with E-state index in [2.05, 4.69) is 0 Å². The maximum absolute atomic E-state index is 11.7.